The number of hydrogen-bond acceptors (Lipinski definition) is 2. The first kappa shape index (κ1) is 15.0. The maximum atomic E-state index is 3.60. The Morgan fingerprint density at radius 1 is 0.545 bits per heavy atom. The molecule has 1 aliphatic rings. The summed E-state index contributed by atoms with van der Waals surface area (Å²) in [4.78, 5) is 0. The highest BCUT2D eigenvalue weighted by atomic mass is 15.0. The molecule has 0 saturated carbocycles. The van der Waals surface area contributed by atoms with Gasteiger partial charge in [0.25, 0.3) is 0 Å². The summed E-state index contributed by atoms with van der Waals surface area (Å²) in [7, 11) is 0. The fourth-order valence-corrected chi connectivity index (χ4v) is 2.74. The molecule has 0 atom stereocenters. The van der Waals surface area contributed by atoms with Crippen LogP contribution >= 0.6 is 0 Å². The van der Waals surface area contributed by atoms with Gasteiger partial charge in [0.05, 0.1) is 22.7 Å². The van der Waals surface area contributed by atoms with Gasteiger partial charge in [0.2, 0.25) is 0 Å². The molecular formula is C20H26N2. The predicted molar refractivity (Wildman–Crippen MR) is 96.8 cm³/mol. The molecule has 0 unspecified atom stereocenters. The first-order valence-corrected chi connectivity index (χ1v) is 7.98. The molecule has 0 fully saturated rings. The van der Waals surface area contributed by atoms with E-state index in [1.165, 1.54) is 11.1 Å². The van der Waals surface area contributed by atoms with E-state index in [1.807, 2.05) is 0 Å². The van der Waals surface area contributed by atoms with Gasteiger partial charge in [-0.25, -0.2) is 0 Å². The van der Waals surface area contributed by atoms with Crippen LogP contribution in [0.5, 0.6) is 0 Å². The van der Waals surface area contributed by atoms with E-state index in [0.717, 1.165) is 22.7 Å². The van der Waals surface area contributed by atoms with Crippen LogP contribution in [0, 0.1) is 0 Å². The molecule has 3 rings (SSSR count). The van der Waals surface area contributed by atoms with Gasteiger partial charge in [-0.3, -0.25) is 0 Å². The monoisotopic (exact) mass is 294 g/mol. The van der Waals surface area contributed by atoms with Crippen molar-refractivity contribution in [2.24, 2.45) is 0 Å². The summed E-state index contributed by atoms with van der Waals surface area (Å²) >= 11 is 0. The topological polar surface area (TPSA) is 24.1 Å². The van der Waals surface area contributed by atoms with Crippen molar-refractivity contribution >= 4 is 22.7 Å². The lowest BCUT2D eigenvalue weighted by Crippen LogP contribution is -2.15. The van der Waals surface area contributed by atoms with Crippen molar-refractivity contribution in [1.82, 2.24) is 0 Å². The van der Waals surface area contributed by atoms with Gasteiger partial charge < -0.3 is 10.6 Å². The quantitative estimate of drug-likeness (QED) is 0.525. The van der Waals surface area contributed by atoms with Crippen LogP contribution < -0.4 is 10.6 Å². The fraction of sp³-hybridized carbons (Fsp3) is 0.400. The van der Waals surface area contributed by atoms with Gasteiger partial charge in [-0.1, -0.05) is 53.7 Å². The predicted octanol–water partition coefficient (Wildman–Crippen LogP) is 6.08. The van der Waals surface area contributed by atoms with Crippen molar-refractivity contribution in [1.29, 1.82) is 0 Å². The highest BCUT2D eigenvalue weighted by molar-refractivity contribution is 5.90. The molecule has 0 aliphatic carbocycles. The molecule has 22 heavy (non-hydrogen) atoms. The number of rotatable bonds is 0. The van der Waals surface area contributed by atoms with E-state index in [4.69, 9.17) is 0 Å². The summed E-state index contributed by atoms with van der Waals surface area (Å²) in [6.07, 6.45) is 0. The van der Waals surface area contributed by atoms with Crippen LogP contribution in [0.4, 0.5) is 22.7 Å². The first-order valence-electron chi connectivity index (χ1n) is 7.98. The summed E-state index contributed by atoms with van der Waals surface area (Å²) in [6.45, 7) is 13.5. The molecule has 0 aromatic heterocycles. The Bertz CT molecular complexity index is 654. The highest BCUT2D eigenvalue weighted by Crippen LogP contribution is 2.41. The normalized spacial score (nSPS) is 13.7. The first-order chi connectivity index (χ1) is 10.1. The number of fused-ring (bicyclic) bond motifs is 2. The van der Waals surface area contributed by atoms with Crippen LogP contribution in [-0.4, -0.2) is 0 Å². The van der Waals surface area contributed by atoms with Gasteiger partial charge in [0, 0.05) is 0 Å². The highest BCUT2D eigenvalue weighted by Gasteiger charge is 2.21. The van der Waals surface area contributed by atoms with Gasteiger partial charge in [0.1, 0.15) is 0 Å². The number of benzene rings is 2. The Morgan fingerprint density at radius 3 is 1.27 bits per heavy atom. The average molecular weight is 294 g/mol. The molecule has 0 bridgehead atoms. The summed E-state index contributed by atoms with van der Waals surface area (Å²) in [6, 6.07) is 13.3. The van der Waals surface area contributed by atoms with E-state index in [9.17, 15) is 0 Å². The molecule has 1 aliphatic heterocycles. The zero-order chi connectivity index (χ0) is 16.1. The van der Waals surface area contributed by atoms with Crippen molar-refractivity contribution < 1.29 is 0 Å². The molecule has 0 spiro atoms. The third kappa shape index (κ3) is 2.70. The molecular weight excluding hydrogens is 268 g/mol. The minimum Gasteiger partial charge on any atom is -0.352 e. The second-order valence-corrected chi connectivity index (χ2v) is 8.27. The van der Waals surface area contributed by atoms with E-state index in [1.54, 1.807) is 0 Å². The lowest BCUT2D eigenvalue weighted by Gasteiger charge is -2.28. The molecule has 0 amide bonds. The van der Waals surface area contributed by atoms with Gasteiger partial charge in [-0.15, -0.1) is 0 Å². The molecule has 116 valence electrons. The van der Waals surface area contributed by atoms with Crippen LogP contribution in [-0.2, 0) is 10.8 Å². The third-order valence-corrected chi connectivity index (χ3v) is 4.31. The van der Waals surface area contributed by atoms with Gasteiger partial charge in [-0.2, -0.15) is 0 Å². The molecule has 2 aromatic carbocycles. The molecule has 1 heterocycles. The maximum absolute atomic E-state index is 3.60. The number of hydrogen-bond donors (Lipinski definition) is 2. The van der Waals surface area contributed by atoms with Crippen molar-refractivity contribution in [3.63, 3.8) is 0 Å². The summed E-state index contributed by atoms with van der Waals surface area (Å²) in [5, 5.41) is 7.14. The van der Waals surface area contributed by atoms with Gasteiger partial charge >= 0.3 is 0 Å². The molecule has 2 aromatic rings. The van der Waals surface area contributed by atoms with E-state index < -0.39 is 0 Å². The summed E-state index contributed by atoms with van der Waals surface area (Å²) < 4.78 is 0. The molecule has 2 N–H and O–H groups in total. The van der Waals surface area contributed by atoms with Crippen LogP contribution in [0.3, 0.4) is 0 Å². The number of anilines is 4. The Labute approximate surface area is 134 Å². The third-order valence-electron chi connectivity index (χ3n) is 4.31. The molecule has 2 nitrogen and oxygen atoms in total. The van der Waals surface area contributed by atoms with Crippen molar-refractivity contribution in [3.05, 3.63) is 47.5 Å². The van der Waals surface area contributed by atoms with E-state index in [-0.39, 0.29) is 10.8 Å². The Hall–Kier alpha value is -1.96. The van der Waals surface area contributed by atoms with Crippen LogP contribution in [0.15, 0.2) is 36.4 Å². The Kier molecular flexibility index (Phi) is 3.24. The van der Waals surface area contributed by atoms with Crippen LogP contribution in [0.2, 0.25) is 0 Å². The molecule has 0 radical (unpaired) electrons. The van der Waals surface area contributed by atoms with Crippen LogP contribution in [0.25, 0.3) is 0 Å². The number of nitrogens with one attached hydrogen (secondary N) is 2. The van der Waals surface area contributed by atoms with Crippen LogP contribution in [0.1, 0.15) is 52.7 Å². The Morgan fingerprint density at radius 2 is 0.909 bits per heavy atom. The minimum absolute atomic E-state index is 0.157. The second-order valence-electron chi connectivity index (χ2n) is 8.27. The van der Waals surface area contributed by atoms with Crippen molar-refractivity contribution in [2.45, 2.75) is 52.4 Å². The van der Waals surface area contributed by atoms with E-state index in [0.29, 0.717) is 0 Å². The van der Waals surface area contributed by atoms with E-state index in [2.05, 4.69) is 88.6 Å². The summed E-state index contributed by atoms with van der Waals surface area (Å²) in [5.74, 6) is 0. The lowest BCUT2D eigenvalue weighted by molar-refractivity contribution is 0.590. The fourth-order valence-electron chi connectivity index (χ4n) is 2.74. The van der Waals surface area contributed by atoms with Crippen molar-refractivity contribution in [2.75, 3.05) is 10.6 Å². The maximum Gasteiger partial charge on any atom is 0.0627 e. The smallest absolute Gasteiger partial charge is 0.0627 e. The SMILES string of the molecule is CC(C)(C)c1ccc2c(c1)Nc1cc(C(C)(C)C)ccc1N2. The van der Waals surface area contributed by atoms with Gasteiger partial charge in [0.15, 0.2) is 0 Å². The Balaban J connectivity index is 2.00. The molecule has 2 heteroatoms. The zero-order valence-corrected chi connectivity index (χ0v) is 14.5. The standard InChI is InChI=1S/C20H26N2/c1-19(2,3)13-7-9-15-17(11-13)22-18-12-14(20(4,5)6)8-10-16(18)21-15/h7-12,21-22H,1-6H3. The second kappa shape index (κ2) is 4.77. The lowest BCUT2D eigenvalue weighted by atomic mass is 9.85. The van der Waals surface area contributed by atoms with E-state index >= 15 is 0 Å². The minimum atomic E-state index is 0.157. The largest absolute Gasteiger partial charge is 0.352 e. The van der Waals surface area contributed by atoms with Crippen molar-refractivity contribution in [3.8, 4) is 0 Å². The average Bonchev–Trinajstić information content (AvgIpc) is 2.41. The zero-order valence-electron chi connectivity index (χ0n) is 14.5. The summed E-state index contributed by atoms with van der Waals surface area (Å²) in [5.41, 5.74) is 7.60. The van der Waals surface area contributed by atoms with Gasteiger partial charge in [-0.05, 0) is 46.2 Å². The molecule has 0 saturated heterocycles.